The molecule has 0 N–H and O–H groups in total. The first-order chi connectivity index (χ1) is 6.83. The zero-order valence-electron chi connectivity index (χ0n) is 8.71. The Bertz CT molecular complexity index is 417. The predicted octanol–water partition coefficient (Wildman–Crippen LogP) is 1.20. The minimum absolute atomic E-state index is 0. The second kappa shape index (κ2) is 22.7. The molecule has 0 aromatic rings. The zero-order chi connectivity index (χ0) is 11.1. The van der Waals surface area contributed by atoms with E-state index in [4.69, 9.17) is 12.8 Å². The number of hydrogen-bond donors (Lipinski definition) is 0. The smallest absolute Gasteiger partial charge is 0.358 e. The fraction of sp³-hybridized carbons (Fsp3) is 0.143. The first-order valence-corrected chi connectivity index (χ1v) is 3.50. The fourth-order valence-corrected chi connectivity index (χ4v) is 0.250. The summed E-state index contributed by atoms with van der Waals surface area (Å²) >= 11 is 0. The molecule has 0 aliphatic rings. The molecule has 0 aliphatic heterocycles. The number of hydrogen-bond acceptors (Lipinski definition) is 0. The summed E-state index contributed by atoms with van der Waals surface area (Å²) in [7, 11) is 0. The van der Waals surface area contributed by atoms with Gasteiger partial charge in [0.1, 0.15) is 0 Å². The average Bonchev–Trinajstić information content (AvgIpc) is 2.21. The van der Waals surface area contributed by atoms with E-state index in [1.165, 1.54) is 0 Å². The second-order valence-corrected chi connectivity index (χ2v) is 1.50. The summed E-state index contributed by atoms with van der Waals surface area (Å²) < 4.78 is 0. The molecule has 64 valence electrons. The van der Waals surface area contributed by atoms with Gasteiger partial charge in [0.05, 0.1) is 0 Å². The third kappa shape index (κ3) is 33.4. The summed E-state index contributed by atoms with van der Waals surface area (Å²) in [6, 6.07) is 0. The first-order valence-electron chi connectivity index (χ1n) is 3.50. The molecule has 1 heteroatoms. The molecule has 0 saturated heterocycles. The number of rotatable bonds is 0. The molecule has 0 amide bonds. The van der Waals surface area contributed by atoms with E-state index in [1.807, 2.05) is 11.8 Å². The van der Waals surface area contributed by atoms with Gasteiger partial charge in [-0.1, -0.05) is 11.8 Å². The van der Waals surface area contributed by atoms with Gasteiger partial charge in [-0.15, -0.1) is 11.8 Å². The van der Waals surface area contributed by atoms with Crippen LogP contribution in [0.4, 0.5) is 0 Å². The molecule has 0 aromatic carbocycles. The molecule has 0 heterocycles. The van der Waals surface area contributed by atoms with E-state index in [0.717, 1.165) is 0 Å². The van der Waals surface area contributed by atoms with Crippen molar-refractivity contribution >= 4 is 0 Å². The topological polar surface area (TPSA) is 0 Å². The molecular formula is C14H6Zn. The first kappa shape index (κ1) is 18.7. The van der Waals surface area contributed by atoms with Gasteiger partial charge in [-0.3, -0.25) is 11.8 Å². The second-order valence-electron chi connectivity index (χ2n) is 1.50. The Morgan fingerprint density at radius 2 is 0.933 bits per heavy atom. The van der Waals surface area contributed by atoms with E-state index >= 15 is 0 Å². The van der Waals surface area contributed by atoms with Gasteiger partial charge in [0.15, 0.2) is 0 Å². The van der Waals surface area contributed by atoms with Gasteiger partial charge in [-0.2, -0.15) is 0 Å². The van der Waals surface area contributed by atoms with Crippen LogP contribution in [0.5, 0.6) is 0 Å². The van der Waals surface area contributed by atoms with E-state index in [0.29, 0.717) is 0 Å². The van der Waals surface area contributed by atoms with Crippen LogP contribution in [0.3, 0.4) is 0 Å². The van der Waals surface area contributed by atoms with E-state index in [9.17, 15) is 0 Å². The van der Waals surface area contributed by atoms with Gasteiger partial charge >= 0.3 is 19.5 Å². The third-order valence-electron chi connectivity index (χ3n) is 0.625. The Labute approximate surface area is 105 Å². The monoisotopic (exact) mass is 238 g/mol. The largest absolute Gasteiger partial charge is 2.00 e. The third-order valence-corrected chi connectivity index (χ3v) is 0.625. The molecule has 0 fully saturated rings. The van der Waals surface area contributed by atoms with E-state index in [1.54, 1.807) is 13.8 Å². The zero-order valence-corrected chi connectivity index (χ0v) is 11.7. The van der Waals surface area contributed by atoms with Crippen LogP contribution < -0.4 is 0 Å². The molecule has 0 aliphatic carbocycles. The van der Waals surface area contributed by atoms with Crippen molar-refractivity contribution < 1.29 is 19.5 Å². The molecule has 0 atom stereocenters. The standard InChI is InChI=1S/2C7H3.Zn/c2*1-3-5-7-6-4-2;/h2*1H3;/q2*-1;+2. The van der Waals surface area contributed by atoms with Crippen molar-refractivity contribution in [2.75, 3.05) is 0 Å². The van der Waals surface area contributed by atoms with Gasteiger partial charge in [0.2, 0.25) is 0 Å². The van der Waals surface area contributed by atoms with Crippen LogP contribution in [-0.2, 0) is 19.5 Å². The van der Waals surface area contributed by atoms with Crippen LogP contribution in [0.25, 0.3) is 0 Å². The Balaban J connectivity index is -0.000000180. The molecular weight excluding hydrogens is 234 g/mol. The summed E-state index contributed by atoms with van der Waals surface area (Å²) in [5.41, 5.74) is 0. The molecule has 0 aromatic heterocycles. The Morgan fingerprint density at radius 1 is 0.600 bits per heavy atom. The van der Waals surface area contributed by atoms with Crippen molar-refractivity contribution in [3.05, 3.63) is 12.8 Å². The SMILES string of the molecule is [C-]#CC#CC#CC.[C-]#CC#CC#CC.[Zn+2]. The van der Waals surface area contributed by atoms with Crippen molar-refractivity contribution in [1.82, 2.24) is 0 Å². The summed E-state index contributed by atoms with van der Waals surface area (Å²) in [6.07, 6.45) is 12.6. The van der Waals surface area contributed by atoms with Crippen LogP contribution in [-0.4, -0.2) is 0 Å². The van der Waals surface area contributed by atoms with Crippen LogP contribution in [0, 0.1) is 72.1 Å². The Kier molecular flexibility index (Phi) is 28.3. The van der Waals surface area contributed by atoms with Gasteiger partial charge in [-0.25, -0.2) is 11.8 Å². The van der Waals surface area contributed by atoms with Crippen LogP contribution in [0.1, 0.15) is 13.8 Å². The quantitative estimate of drug-likeness (QED) is 0.339. The van der Waals surface area contributed by atoms with E-state index in [-0.39, 0.29) is 19.5 Å². The molecule has 0 unspecified atom stereocenters. The molecule has 0 spiro atoms. The summed E-state index contributed by atoms with van der Waals surface area (Å²) in [4.78, 5) is 0. The van der Waals surface area contributed by atoms with Crippen molar-refractivity contribution in [2.45, 2.75) is 13.8 Å². The summed E-state index contributed by atoms with van der Waals surface area (Å²) in [6.45, 7) is 3.39. The fourth-order valence-electron chi connectivity index (χ4n) is 0.250. The Hall–Kier alpha value is -2.02. The molecule has 0 bridgehead atoms. The van der Waals surface area contributed by atoms with E-state index in [2.05, 4.69) is 47.4 Å². The maximum Gasteiger partial charge on any atom is 2.00 e. The normalized spacial score (nSPS) is 3.20. The summed E-state index contributed by atoms with van der Waals surface area (Å²) in [5, 5.41) is 0. The van der Waals surface area contributed by atoms with Crippen molar-refractivity contribution in [3.63, 3.8) is 0 Å². The van der Waals surface area contributed by atoms with Crippen LogP contribution in [0.2, 0.25) is 0 Å². The van der Waals surface area contributed by atoms with Crippen molar-refractivity contribution in [3.8, 4) is 59.2 Å². The van der Waals surface area contributed by atoms with Crippen molar-refractivity contribution in [2.24, 2.45) is 0 Å². The van der Waals surface area contributed by atoms with E-state index < -0.39 is 0 Å². The molecule has 0 saturated carbocycles. The average molecular weight is 240 g/mol. The molecule has 0 nitrogen and oxygen atoms in total. The maximum atomic E-state index is 6.29. The minimum Gasteiger partial charge on any atom is -0.358 e. The van der Waals surface area contributed by atoms with Crippen LogP contribution in [0.15, 0.2) is 0 Å². The Morgan fingerprint density at radius 3 is 1.13 bits per heavy atom. The van der Waals surface area contributed by atoms with Gasteiger partial charge in [0.25, 0.3) is 0 Å². The van der Waals surface area contributed by atoms with Gasteiger partial charge in [-0.05, 0) is 25.7 Å². The minimum atomic E-state index is 0. The molecule has 15 heavy (non-hydrogen) atoms. The van der Waals surface area contributed by atoms with Gasteiger partial charge < -0.3 is 12.8 Å². The van der Waals surface area contributed by atoms with Gasteiger partial charge in [0, 0.05) is 0 Å². The maximum absolute atomic E-state index is 6.29. The summed E-state index contributed by atoms with van der Waals surface area (Å²) in [5.74, 6) is 23.0. The predicted molar refractivity (Wildman–Crippen MR) is 56.7 cm³/mol. The van der Waals surface area contributed by atoms with Crippen LogP contribution >= 0.6 is 0 Å². The molecule has 0 rings (SSSR count). The van der Waals surface area contributed by atoms with Crippen molar-refractivity contribution in [1.29, 1.82) is 0 Å². The molecule has 0 radical (unpaired) electrons.